The van der Waals surface area contributed by atoms with Crippen LogP contribution in [-0.4, -0.2) is 13.1 Å². The van der Waals surface area contributed by atoms with Gasteiger partial charge in [0.15, 0.2) is 0 Å². The maximum Gasteiger partial charge on any atom is 0.311 e. The largest absolute Gasteiger partial charge is 0.469 e. The van der Waals surface area contributed by atoms with Crippen LogP contribution in [0.25, 0.3) is 0 Å². The fourth-order valence-corrected chi connectivity index (χ4v) is 1.38. The molecule has 2 nitrogen and oxygen atoms in total. The molecule has 0 heterocycles. The van der Waals surface area contributed by atoms with Crippen LogP contribution < -0.4 is 0 Å². The molecular weight excluding hydrogens is 152 g/mol. The first kappa shape index (κ1) is 11.5. The van der Waals surface area contributed by atoms with E-state index in [2.05, 4.69) is 20.8 Å². The van der Waals surface area contributed by atoms with Crippen molar-refractivity contribution >= 4 is 5.97 Å². The summed E-state index contributed by atoms with van der Waals surface area (Å²) in [7, 11) is 1.46. The lowest BCUT2D eigenvalue weighted by Gasteiger charge is -2.30. The summed E-state index contributed by atoms with van der Waals surface area (Å²) in [4.78, 5) is 11.4. The topological polar surface area (TPSA) is 26.3 Å². The Hall–Kier alpha value is -0.530. The van der Waals surface area contributed by atoms with Crippen molar-refractivity contribution in [3.8, 4) is 0 Å². The van der Waals surface area contributed by atoms with Gasteiger partial charge in [-0.15, -0.1) is 0 Å². The van der Waals surface area contributed by atoms with E-state index in [1.54, 1.807) is 0 Å². The summed E-state index contributed by atoms with van der Waals surface area (Å²) in [6.07, 6.45) is 1.92. The quantitative estimate of drug-likeness (QED) is 0.609. The molecule has 0 aromatic heterocycles. The zero-order valence-corrected chi connectivity index (χ0v) is 8.81. The van der Waals surface area contributed by atoms with E-state index in [1.165, 1.54) is 7.11 Å². The third-order valence-electron chi connectivity index (χ3n) is 2.70. The lowest BCUT2D eigenvalue weighted by atomic mass is 9.76. The summed E-state index contributed by atoms with van der Waals surface area (Å²) in [5.74, 6) is 0.254. The van der Waals surface area contributed by atoms with Gasteiger partial charge in [0, 0.05) is 0 Å². The van der Waals surface area contributed by atoms with Gasteiger partial charge in [-0.3, -0.25) is 4.79 Å². The highest BCUT2D eigenvalue weighted by atomic mass is 16.5. The van der Waals surface area contributed by atoms with E-state index in [-0.39, 0.29) is 11.4 Å². The standard InChI is InChI=1S/C10H20O2/c1-6-7-10(4,8(2)3)9(11)12-5/h8H,6-7H2,1-5H3. The molecule has 0 aliphatic carbocycles. The van der Waals surface area contributed by atoms with Crippen LogP contribution in [0.5, 0.6) is 0 Å². The summed E-state index contributed by atoms with van der Waals surface area (Å²) in [6, 6.07) is 0. The van der Waals surface area contributed by atoms with Crippen molar-refractivity contribution < 1.29 is 9.53 Å². The molecule has 0 N–H and O–H groups in total. The fraction of sp³-hybridized carbons (Fsp3) is 0.900. The lowest BCUT2D eigenvalue weighted by molar-refractivity contribution is -0.155. The molecule has 2 heteroatoms. The van der Waals surface area contributed by atoms with E-state index in [0.717, 1.165) is 12.8 Å². The van der Waals surface area contributed by atoms with E-state index >= 15 is 0 Å². The van der Waals surface area contributed by atoms with Crippen LogP contribution >= 0.6 is 0 Å². The predicted molar refractivity (Wildman–Crippen MR) is 49.9 cm³/mol. The van der Waals surface area contributed by atoms with Crippen LogP contribution in [0.1, 0.15) is 40.5 Å². The second-order valence-electron chi connectivity index (χ2n) is 3.81. The molecule has 0 fully saturated rings. The van der Waals surface area contributed by atoms with Crippen molar-refractivity contribution in [3.05, 3.63) is 0 Å². The van der Waals surface area contributed by atoms with E-state index in [4.69, 9.17) is 4.74 Å². The van der Waals surface area contributed by atoms with Crippen LogP contribution in [0, 0.1) is 11.3 Å². The zero-order valence-electron chi connectivity index (χ0n) is 8.81. The molecule has 0 aromatic rings. The number of esters is 1. The lowest BCUT2D eigenvalue weighted by Crippen LogP contribution is -2.34. The molecule has 0 bridgehead atoms. The number of hydrogen-bond acceptors (Lipinski definition) is 2. The van der Waals surface area contributed by atoms with Crippen molar-refractivity contribution in [2.24, 2.45) is 11.3 Å². The van der Waals surface area contributed by atoms with Crippen molar-refractivity contribution in [2.45, 2.75) is 40.5 Å². The zero-order chi connectivity index (χ0) is 9.78. The Morgan fingerprint density at radius 1 is 1.50 bits per heavy atom. The molecule has 12 heavy (non-hydrogen) atoms. The molecule has 1 atom stereocenters. The van der Waals surface area contributed by atoms with Gasteiger partial charge in [-0.2, -0.15) is 0 Å². The van der Waals surface area contributed by atoms with Gasteiger partial charge in [0.25, 0.3) is 0 Å². The Balaban J connectivity index is 4.49. The maximum atomic E-state index is 11.4. The second kappa shape index (κ2) is 4.48. The molecule has 0 saturated heterocycles. The summed E-state index contributed by atoms with van der Waals surface area (Å²) in [5.41, 5.74) is -0.302. The molecule has 1 unspecified atom stereocenters. The molecule has 0 spiro atoms. The normalized spacial score (nSPS) is 15.8. The summed E-state index contributed by atoms with van der Waals surface area (Å²) < 4.78 is 4.79. The van der Waals surface area contributed by atoms with Crippen molar-refractivity contribution in [2.75, 3.05) is 7.11 Å². The number of hydrogen-bond donors (Lipinski definition) is 0. The SMILES string of the molecule is CCCC(C)(C(=O)OC)C(C)C. The van der Waals surface area contributed by atoms with E-state index in [1.807, 2.05) is 6.92 Å². The first-order valence-electron chi connectivity index (χ1n) is 4.57. The Morgan fingerprint density at radius 2 is 2.00 bits per heavy atom. The minimum atomic E-state index is -0.302. The number of carbonyl (C=O) groups is 1. The molecule has 0 aromatic carbocycles. The number of methoxy groups -OCH3 is 1. The van der Waals surface area contributed by atoms with Crippen molar-refractivity contribution in [1.82, 2.24) is 0 Å². The Labute approximate surface area is 75.3 Å². The van der Waals surface area contributed by atoms with Crippen LogP contribution in [0.2, 0.25) is 0 Å². The highest BCUT2D eigenvalue weighted by molar-refractivity contribution is 5.76. The van der Waals surface area contributed by atoms with Crippen molar-refractivity contribution in [1.29, 1.82) is 0 Å². The molecule has 72 valence electrons. The highest BCUT2D eigenvalue weighted by Crippen LogP contribution is 2.33. The predicted octanol–water partition coefficient (Wildman–Crippen LogP) is 2.62. The first-order valence-corrected chi connectivity index (χ1v) is 4.57. The van der Waals surface area contributed by atoms with Gasteiger partial charge in [-0.1, -0.05) is 27.2 Å². The molecule has 0 aliphatic heterocycles. The first-order chi connectivity index (χ1) is 5.49. The van der Waals surface area contributed by atoms with Gasteiger partial charge in [-0.05, 0) is 19.3 Å². The van der Waals surface area contributed by atoms with Gasteiger partial charge >= 0.3 is 5.97 Å². The van der Waals surface area contributed by atoms with E-state index in [9.17, 15) is 4.79 Å². The van der Waals surface area contributed by atoms with Crippen LogP contribution in [0.15, 0.2) is 0 Å². The third kappa shape index (κ3) is 2.23. The van der Waals surface area contributed by atoms with Crippen LogP contribution in [0.4, 0.5) is 0 Å². The molecule has 0 rings (SSSR count). The Morgan fingerprint density at radius 3 is 2.25 bits per heavy atom. The minimum Gasteiger partial charge on any atom is -0.469 e. The van der Waals surface area contributed by atoms with Crippen LogP contribution in [0.3, 0.4) is 0 Å². The number of ether oxygens (including phenoxy) is 1. The third-order valence-corrected chi connectivity index (χ3v) is 2.70. The van der Waals surface area contributed by atoms with Gasteiger partial charge in [0.1, 0.15) is 0 Å². The fourth-order valence-electron chi connectivity index (χ4n) is 1.38. The molecule has 0 saturated carbocycles. The Kier molecular flexibility index (Phi) is 4.29. The van der Waals surface area contributed by atoms with Gasteiger partial charge in [0.2, 0.25) is 0 Å². The Bertz CT molecular complexity index is 152. The minimum absolute atomic E-state index is 0.0839. The number of carbonyl (C=O) groups excluding carboxylic acids is 1. The summed E-state index contributed by atoms with van der Waals surface area (Å²) in [6.45, 7) is 8.19. The molecule has 0 radical (unpaired) electrons. The second-order valence-corrected chi connectivity index (χ2v) is 3.81. The molecule has 0 amide bonds. The van der Waals surface area contributed by atoms with E-state index < -0.39 is 0 Å². The van der Waals surface area contributed by atoms with Gasteiger partial charge < -0.3 is 4.74 Å². The molecule has 0 aliphatic rings. The van der Waals surface area contributed by atoms with E-state index in [0.29, 0.717) is 5.92 Å². The summed E-state index contributed by atoms with van der Waals surface area (Å²) in [5, 5.41) is 0. The smallest absolute Gasteiger partial charge is 0.311 e. The van der Waals surface area contributed by atoms with Gasteiger partial charge in [0.05, 0.1) is 12.5 Å². The van der Waals surface area contributed by atoms with Crippen molar-refractivity contribution in [3.63, 3.8) is 0 Å². The highest BCUT2D eigenvalue weighted by Gasteiger charge is 2.36. The monoisotopic (exact) mass is 172 g/mol. The summed E-state index contributed by atoms with van der Waals surface area (Å²) >= 11 is 0. The average Bonchev–Trinajstić information content (AvgIpc) is 2.03. The molecular formula is C10H20O2. The average molecular weight is 172 g/mol. The number of rotatable bonds is 4. The van der Waals surface area contributed by atoms with Gasteiger partial charge in [-0.25, -0.2) is 0 Å². The maximum absolute atomic E-state index is 11.4. The van der Waals surface area contributed by atoms with Crippen LogP contribution in [-0.2, 0) is 9.53 Å².